The van der Waals surface area contributed by atoms with E-state index in [9.17, 15) is 13.2 Å². The molecule has 0 saturated heterocycles. The van der Waals surface area contributed by atoms with Crippen molar-refractivity contribution >= 4 is 33.4 Å². The molecule has 0 aliphatic rings. The average Bonchev–Trinajstić information content (AvgIpc) is 2.44. The van der Waals surface area contributed by atoms with Gasteiger partial charge in [-0.15, -0.1) is 0 Å². The molecular weight excluding hydrogens is 312 g/mol. The van der Waals surface area contributed by atoms with Crippen LogP contribution in [0.15, 0.2) is 23.1 Å². The second-order valence-corrected chi connectivity index (χ2v) is 7.55. The number of nitrogens with zero attached hydrogens (tertiary/aromatic N) is 1. The Morgan fingerprint density at radius 3 is 2.57 bits per heavy atom. The van der Waals surface area contributed by atoms with Gasteiger partial charge < -0.3 is 10.1 Å². The first-order valence-electron chi connectivity index (χ1n) is 6.22. The van der Waals surface area contributed by atoms with Crippen molar-refractivity contribution in [3.63, 3.8) is 0 Å². The maximum atomic E-state index is 12.3. The SMILES string of the molecule is COc1ccc(NC(=O)CCSC)cc1S(=O)(=O)N(C)C. The minimum Gasteiger partial charge on any atom is -0.495 e. The van der Waals surface area contributed by atoms with Crippen molar-refractivity contribution in [3.8, 4) is 5.75 Å². The molecule has 118 valence electrons. The van der Waals surface area contributed by atoms with E-state index in [-0.39, 0.29) is 16.6 Å². The number of rotatable bonds is 7. The van der Waals surface area contributed by atoms with Crippen molar-refractivity contribution in [1.82, 2.24) is 4.31 Å². The first-order chi connectivity index (χ1) is 9.82. The fraction of sp³-hybridized carbons (Fsp3) is 0.462. The fourth-order valence-electron chi connectivity index (χ4n) is 1.57. The van der Waals surface area contributed by atoms with E-state index in [0.29, 0.717) is 17.9 Å². The zero-order valence-electron chi connectivity index (χ0n) is 12.5. The summed E-state index contributed by atoms with van der Waals surface area (Å²) in [6.45, 7) is 0. The first-order valence-corrected chi connectivity index (χ1v) is 9.05. The highest BCUT2D eigenvalue weighted by Crippen LogP contribution is 2.28. The minimum absolute atomic E-state index is 0.0256. The molecule has 0 spiro atoms. The van der Waals surface area contributed by atoms with Gasteiger partial charge in [0.25, 0.3) is 0 Å². The molecule has 0 aliphatic carbocycles. The van der Waals surface area contributed by atoms with Gasteiger partial charge in [-0.2, -0.15) is 11.8 Å². The summed E-state index contributed by atoms with van der Waals surface area (Å²) in [6.07, 6.45) is 2.30. The number of thioether (sulfide) groups is 1. The number of nitrogens with one attached hydrogen (secondary N) is 1. The highest BCUT2D eigenvalue weighted by atomic mass is 32.2. The summed E-state index contributed by atoms with van der Waals surface area (Å²) in [5, 5.41) is 2.69. The Morgan fingerprint density at radius 1 is 1.38 bits per heavy atom. The molecule has 6 nitrogen and oxygen atoms in total. The zero-order valence-corrected chi connectivity index (χ0v) is 14.2. The van der Waals surface area contributed by atoms with Gasteiger partial charge in [-0.25, -0.2) is 12.7 Å². The number of carbonyl (C=O) groups excluding carboxylic acids is 1. The summed E-state index contributed by atoms with van der Waals surface area (Å²) in [5.74, 6) is 0.804. The maximum Gasteiger partial charge on any atom is 0.246 e. The Kier molecular flexibility index (Phi) is 6.50. The standard InChI is InChI=1S/C13H20N2O4S2/c1-15(2)21(17,18)12-9-10(5-6-11(12)19-3)14-13(16)7-8-20-4/h5-6,9H,7-8H2,1-4H3,(H,14,16). The number of anilines is 1. The number of carbonyl (C=O) groups is 1. The van der Waals surface area contributed by atoms with Crippen LogP contribution in [-0.2, 0) is 14.8 Å². The molecule has 1 N–H and O–H groups in total. The summed E-state index contributed by atoms with van der Waals surface area (Å²) in [5.41, 5.74) is 0.433. The molecular formula is C13H20N2O4S2. The third kappa shape index (κ3) is 4.62. The Bertz CT molecular complexity index is 600. The number of hydrogen-bond donors (Lipinski definition) is 1. The molecule has 1 aromatic rings. The molecule has 0 saturated carbocycles. The molecule has 0 heterocycles. The third-order valence-electron chi connectivity index (χ3n) is 2.74. The maximum absolute atomic E-state index is 12.3. The van der Waals surface area contributed by atoms with Crippen LogP contribution in [0.2, 0.25) is 0 Å². The molecule has 0 aromatic heterocycles. The minimum atomic E-state index is -3.64. The zero-order chi connectivity index (χ0) is 16.0. The molecule has 21 heavy (non-hydrogen) atoms. The van der Waals surface area contributed by atoms with Crippen LogP contribution in [-0.4, -0.2) is 51.8 Å². The quantitative estimate of drug-likeness (QED) is 0.821. The van der Waals surface area contributed by atoms with E-state index in [1.165, 1.54) is 33.3 Å². The molecule has 1 aromatic carbocycles. The normalized spacial score (nSPS) is 11.5. The van der Waals surface area contributed by atoms with Gasteiger partial charge >= 0.3 is 0 Å². The van der Waals surface area contributed by atoms with Crippen LogP contribution >= 0.6 is 11.8 Å². The van der Waals surface area contributed by atoms with Gasteiger partial charge in [-0.05, 0) is 24.5 Å². The number of hydrogen-bond acceptors (Lipinski definition) is 5. The van der Waals surface area contributed by atoms with Gasteiger partial charge in [0.15, 0.2) is 0 Å². The molecule has 1 amide bonds. The monoisotopic (exact) mass is 332 g/mol. The summed E-state index contributed by atoms with van der Waals surface area (Å²) < 4.78 is 30.7. The Morgan fingerprint density at radius 2 is 2.05 bits per heavy atom. The lowest BCUT2D eigenvalue weighted by Gasteiger charge is -2.15. The summed E-state index contributed by atoms with van der Waals surface area (Å²) in [7, 11) is 0.647. The topological polar surface area (TPSA) is 75.7 Å². The largest absolute Gasteiger partial charge is 0.495 e. The van der Waals surface area contributed by atoms with Crippen LogP contribution in [0.4, 0.5) is 5.69 Å². The van der Waals surface area contributed by atoms with E-state index in [2.05, 4.69) is 5.32 Å². The number of amides is 1. The van der Waals surface area contributed by atoms with Crippen molar-refractivity contribution in [2.45, 2.75) is 11.3 Å². The van der Waals surface area contributed by atoms with Crippen molar-refractivity contribution < 1.29 is 17.9 Å². The summed E-state index contributed by atoms with van der Waals surface area (Å²) in [6, 6.07) is 4.55. The fourth-order valence-corrected chi connectivity index (χ4v) is 3.04. The first kappa shape index (κ1) is 17.8. The lowest BCUT2D eigenvalue weighted by atomic mass is 10.3. The second kappa shape index (κ2) is 7.67. The van der Waals surface area contributed by atoms with Crippen LogP contribution < -0.4 is 10.1 Å². The second-order valence-electron chi connectivity index (χ2n) is 4.44. The van der Waals surface area contributed by atoms with Gasteiger partial charge in [0.1, 0.15) is 10.6 Å². The van der Waals surface area contributed by atoms with Gasteiger partial charge in [-0.3, -0.25) is 4.79 Å². The van der Waals surface area contributed by atoms with E-state index in [4.69, 9.17) is 4.74 Å². The van der Waals surface area contributed by atoms with Crippen LogP contribution in [0.25, 0.3) is 0 Å². The van der Waals surface area contributed by atoms with E-state index in [0.717, 1.165) is 4.31 Å². The molecule has 0 unspecified atom stereocenters. The molecule has 0 bridgehead atoms. The molecule has 0 fully saturated rings. The van der Waals surface area contributed by atoms with E-state index >= 15 is 0 Å². The van der Waals surface area contributed by atoms with Gasteiger partial charge in [0.05, 0.1) is 7.11 Å². The molecule has 8 heteroatoms. The van der Waals surface area contributed by atoms with E-state index in [1.807, 2.05) is 6.26 Å². The average molecular weight is 332 g/mol. The Labute approximate surface area is 129 Å². The van der Waals surface area contributed by atoms with Crippen LogP contribution in [0, 0.1) is 0 Å². The lowest BCUT2D eigenvalue weighted by molar-refractivity contribution is -0.115. The van der Waals surface area contributed by atoms with Crippen LogP contribution in [0.3, 0.4) is 0 Å². The van der Waals surface area contributed by atoms with E-state index < -0.39 is 10.0 Å². The number of sulfonamides is 1. The van der Waals surface area contributed by atoms with Crippen molar-refractivity contribution in [3.05, 3.63) is 18.2 Å². The lowest BCUT2D eigenvalue weighted by Crippen LogP contribution is -2.23. The smallest absolute Gasteiger partial charge is 0.246 e. The number of ether oxygens (including phenoxy) is 1. The predicted molar refractivity (Wildman–Crippen MR) is 85.5 cm³/mol. The summed E-state index contributed by atoms with van der Waals surface area (Å²) >= 11 is 1.57. The van der Waals surface area contributed by atoms with Crippen LogP contribution in [0.1, 0.15) is 6.42 Å². The molecule has 1 rings (SSSR count). The van der Waals surface area contributed by atoms with Crippen LogP contribution in [0.5, 0.6) is 5.75 Å². The van der Waals surface area contributed by atoms with Crippen molar-refractivity contribution in [2.24, 2.45) is 0 Å². The van der Waals surface area contributed by atoms with Gasteiger partial charge in [-0.1, -0.05) is 0 Å². The number of methoxy groups -OCH3 is 1. The molecule has 0 atom stereocenters. The third-order valence-corrected chi connectivity index (χ3v) is 5.19. The predicted octanol–water partition coefficient (Wildman–Crippen LogP) is 1.64. The number of benzene rings is 1. The van der Waals surface area contributed by atoms with Crippen molar-refractivity contribution in [1.29, 1.82) is 0 Å². The Hall–Kier alpha value is -1.25. The molecule has 0 radical (unpaired) electrons. The molecule has 0 aliphatic heterocycles. The highest BCUT2D eigenvalue weighted by molar-refractivity contribution is 7.98. The summed E-state index contributed by atoms with van der Waals surface area (Å²) in [4.78, 5) is 11.7. The van der Waals surface area contributed by atoms with Gasteiger partial charge in [0.2, 0.25) is 15.9 Å². The van der Waals surface area contributed by atoms with Crippen molar-refractivity contribution in [2.75, 3.05) is 38.5 Å². The highest BCUT2D eigenvalue weighted by Gasteiger charge is 2.22. The Balaban J connectivity index is 3.09. The van der Waals surface area contributed by atoms with E-state index in [1.54, 1.807) is 17.8 Å². The van der Waals surface area contributed by atoms with Gasteiger partial charge in [0, 0.05) is 32.0 Å².